The zero-order valence-corrected chi connectivity index (χ0v) is 20.5. The standard InChI is InChI=1S/C34H35N/c1(4-12-29-24-27-18-21-30(29)25-27)3-10-26-19-22-32(23-20-26)35(31-14-5-2-6-15-31)34-17-9-13-28-11-7-8-16-33(28)34/h2,5-9,11,13-23,27,29-30H,1,3-4,10,12,24-25H2. The van der Waals surface area contributed by atoms with Gasteiger partial charge in [0.25, 0.3) is 0 Å². The van der Waals surface area contributed by atoms with Gasteiger partial charge in [-0.3, -0.25) is 0 Å². The molecule has 2 bridgehead atoms. The van der Waals surface area contributed by atoms with Crippen LogP contribution in [0.25, 0.3) is 10.8 Å². The number of anilines is 3. The molecule has 0 aliphatic heterocycles. The third-order valence-electron chi connectivity index (χ3n) is 8.17. The summed E-state index contributed by atoms with van der Waals surface area (Å²) in [6.07, 6.45) is 14.5. The summed E-state index contributed by atoms with van der Waals surface area (Å²) in [7, 11) is 0. The number of fused-ring (bicyclic) bond motifs is 3. The van der Waals surface area contributed by atoms with Crippen molar-refractivity contribution in [2.75, 3.05) is 4.90 Å². The van der Waals surface area contributed by atoms with Crippen molar-refractivity contribution in [3.8, 4) is 0 Å². The van der Waals surface area contributed by atoms with Gasteiger partial charge in [0.05, 0.1) is 5.69 Å². The first-order chi connectivity index (χ1) is 17.3. The van der Waals surface area contributed by atoms with Crippen molar-refractivity contribution in [1.29, 1.82) is 0 Å². The number of benzene rings is 4. The smallest absolute Gasteiger partial charge is 0.0540 e. The van der Waals surface area contributed by atoms with Crippen LogP contribution in [0.3, 0.4) is 0 Å². The highest BCUT2D eigenvalue weighted by Gasteiger charge is 2.34. The molecule has 2 aliphatic rings. The zero-order chi connectivity index (χ0) is 23.5. The van der Waals surface area contributed by atoms with Crippen molar-refractivity contribution in [3.05, 3.63) is 115 Å². The number of aryl methyl sites for hydroxylation is 1. The molecule has 4 aromatic rings. The highest BCUT2D eigenvalue weighted by Crippen LogP contribution is 2.45. The van der Waals surface area contributed by atoms with E-state index in [-0.39, 0.29) is 0 Å². The molecule has 0 saturated heterocycles. The predicted molar refractivity (Wildman–Crippen MR) is 150 cm³/mol. The molecule has 0 radical (unpaired) electrons. The quantitative estimate of drug-likeness (QED) is 0.179. The minimum Gasteiger partial charge on any atom is -0.310 e. The van der Waals surface area contributed by atoms with Gasteiger partial charge in [-0.25, -0.2) is 0 Å². The maximum Gasteiger partial charge on any atom is 0.0540 e. The number of allylic oxidation sites excluding steroid dienone is 2. The van der Waals surface area contributed by atoms with Crippen LogP contribution < -0.4 is 4.90 Å². The Morgan fingerprint density at radius 1 is 0.629 bits per heavy atom. The Kier molecular flexibility index (Phi) is 6.41. The minimum atomic E-state index is 0.904. The molecule has 6 rings (SSSR count). The van der Waals surface area contributed by atoms with Crippen molar-refractivity contribution in [2.24, 2.45) is 17.8 Å². The Balaban J connectivity index is 1.14. The normalized spacial score (nSPS) is 20.5. The van der Waals surface area contributed by atoms with Gasteiger partial charge in [0.15, 0.2) is 0 Å². The number of hydrogen-bond acceptors (Lipinski definition) is 1. The van der Waals surface area contributed by atoms with Crippen LogP contribution in [0.4, 0.5) is 17.1 Å². The molecule has 35 heavy (non-hydrogen) atoms. The van der Waals surface area contributed by atoms with E-state index in [9.17, 15) is 0 Å². The Morgan fingerprint density at radius 3 is 2.20 bits per heavy atom. The molecular weight excluding hydrogens is 422 g/mol. The lowest BCUT2D eigenvalue weighted by Crippen LogP contribution is -2.10. The lowest BCUT2D eigenvalue weighted by molar-refractivity contribution is 0.396. The number of hydrogen-bond donors (Lipinski definition) is 0. The molecule has 0 spiro atoms. The van der Waals surface area contributed by atoms with Crippen molar-refractivity contribution in [2.45, 2.75) is 44.9 Å². The summed E-state index contributed by atoms with van der Waals surface area (Å²) in [5.74, 6) is 2.79. The summed E-state index contributed by atoms with van der Waals surface area (Å²) >= 11 is 0. The van der Waals surface area contributed by atoms with Crippen LogP contribution in [0.5, 0.6) is 0 Å². The first-order valence-electron chi connectivity index (χ1n) is 13.5. The molecule has 1 fully saturated rings. The van der Waals surface area contributed by atoms with Gasteiger partial charge >= 0.3 is 0 Å². The lowest BCUT2D eigenvalue weighted by atomic mass is 9.88. The maximum atomic E-state index is 2.50. The average Bonchev–Trinajstić information content (AvgIpc) is 3.54. The summed E-state index contributed by atoms with van der Waals surface area (Å²) in [5.41, 5.74) is 5.06. The average molecular weight is 458 g/mol. The van der Waals surface area contributed by atoms with E-state index in [1.165, 1.54) is 78.3 Å². The van der Waals surface area contributed by atoms with Crippen LogP contribution >= 0.6 is 0 Å². The first kappa shape index (κ1) is 22.2. The Hall–Kier alpha value is -3.32. The second-order valence-corrected chi connectivity index (χ2v) is 10.5. The fraction of sp³-hybridized carbons (Fsp3) is 0.294. The van der Waals surface area contributed by atoms with Gasteiger partial charge in [0.1, 0.15) is 0 Å². The van der Waals surface area contributed by atoms with E-state index in [0.29, 0.717) is 0 Å². The third kappa shape index (κ3) is 4.78. The largest absolute Gasteiger partial charge is 0.310 e. The molecule has 1 heteroatoms. The summed E-state index contributed by atoms with van der Waals surface area (Å²) in [5, 5.41) is 2.54. The maximum absolute atomic E-state index is 2.50. The highest BCUT2D eigenvalue weighted by atomic mass is 15.1. The monoisotopic (exact) mass is 457 g/mol. The Bertz CT molecular complexity index is 1280. The van der Waals surface area contributed by atoms with Gasteiger partial charge < -0.3 is 4.90 Å². The minimum absolute atomic E-state index is 0.904. The van der Waals surface area contributed by atoms with Crippen molar-refractivity contribution >= 4 is 27.8 Å². The molecule has 3 atom stereocenters. The van der Waals surface area contributed by atoms with Gasteiger partial charge in [-0.2, -0.15) is 0 Å². The second-order valence-electron chi connectivity index (χ2n) is 10.5. The molecule has 4 aromatic carbocycles. The van der Waals surface area contributed by atoms with Gasteiger partial charge in [-0.1, -0.05) is 91.7 Å². The molecule has 0 N–H and O–H groups in total. The second kappa shape index (κ2) is 10.1. The number of rotatable bonds is 9. The molecule has 0 heterocycles. The van der Waals surface area contributed by atoms with Crippen molar-refractivity contribution < 1.29 is 0 Å². The molecule has 2 aliphatic carbocycles. The molecular formula is C34H35N. The van der Waals surface area contributed by atoms with Gasteiger partial charge in [-0.05, 0) is 91.1 Å². The topological polar surface area (TPSA) is 3.24 Å². The van der Waals surface area contributed by atoms with E-state index in [2.05, 4.69) is 114 Å². The van der Waals surface area contributed by atoms with Gasteiger partial charge in [-0.15, -0.1) is 0 Å². The van der Waals surface area contributed by atoms with Crippen LogP contribution in [0, 0.1) is 17.8 Å². The molecule has 1 nitrogen and oxygen atoms in total. The van der Waals surface area contributed by atoms with E-state index in [1.54, 1.807) is 0 Å². The van der Waals surface area contributed by atoms with Gasteiger partial charge in [0.2, 0.25) is 0 Å². The molecule has 0 aromatic heterocycles. The van der Waals surface area contributed by atoms with E-state index in [1.807, 2.05) is 0 Å². The molecule has 1 saturated carbocycles. The Labute approximate surface area is 210 Å². The number of unbranched alkanes of at least 4 members (excludes halogenated alkanes) is 2. The van der Waals surface area contributed by atoms with E-state index in [4.69, 9.17) is 0 Å². The number of para-hydroxylation sites is 1. The highest BCUT2D eigenvalue weighted by molar-refractivity contribution is 5.98. The zero-order valence-electron chi connectivity index (χ0n) is 20.5. The van der Waals surface area contributed by atoms with Crippen molar-refractivity contribution in [1.82, 2.24) is 0 Å². The van der Waals surface area contributed by atoms with Crippen molar-refractivity contribution in [3.63, 3.8) is 0 Å². The van der Waals surface area contributed by atoms with Crippen LogP contribution in [-0.4, -0.2) is 0 Å². The SMILES string of the molecule is C1=CC2CC1CC2CCCCCc1ccc(N(c2ccccc2)c2cccc3ccccc23)cc1. The van der Waals surface area contributed by atoms with Crippen LogP contribution in [0.2, 0.25) is 0 Å². The molecule has 3 unspecified atom stereocenters. The van der Waals surface area contributed by atoms with E-state index < -0.39 is 0 Å². The Morgan fingerprint density at radius 2 is 1.40 bits per heavy atom. The molecule has 176 valence electrons. The van der Waals surface area contributed by atoms with E-state index >= 15 is 0 Å². The van der Waals surface area contributed by atoms with Crippen LogP contribution in [0.1, 0.15) is 44.1 Å². The fourth-order valence-electron chi connectivity index (χ4n) is 6.36. The first-order valence-corrected chi connectivity index (χ1v) is 13.5. The predicted octanol–water partition coefficient (Wildman–Crippen LogP) is 9.62. The third-order valence-corrected chi connectivity index (χ3v) is 8.17. The van der Waals surface area contributed by atoms with Crippen LogP contribution in [0.15, 0.2) is 109 Å². The fourth-order valence-corrected chi connectivity index (χ4v) is 6.36. The van der Waals surface area contributed by atoms with Crippen LogP contribution in [-0.2, 0) is 6.42 Å². The number of nitrogens with zero attached hydrogens (tertiary/aromatic N) is 1. The molecule has 0 amide bonds. The van der Waals surface area contributed by atoms with E-state index in [0.717, 1.165) is 17.8 Å². The lowest BCUT2D eigenvalue weighted by Gasteiger charge is -2.27. The summed E-state index contributed by atoms with van der Waals surface area (Å²) in [6.45, 7) is 0. The summed E-state index contributed by atoms with van der Waals surface area (Å²) in [6, 6.07) is 35.2. The van der Waals surface area contributed by atoms with Gasteiger partial charge in [0, 0.05) is 16.8 Å². The summed E-state index contributed by atoms with van der Waals surface area (Å²) < 4.78 is 0. The summed E-state index contributed by atoms with van der Waals surface area (Å²) in [4.78, 5) is 2.38.